The van der Waals surface area contributed by atoms with E-state index in [1.165, 1.54) is 0 Å². The van der Waals surface area contributed by atoms with E-state index in [1.54, 1.807) is 25.0 Å². The lowest BCUT2D eigenvalue weighted by atomic mass is 9.87. The first-order valence-electron chi connectivity index (χ1n) is 10.1. The van der Waals surface area contributed by atoms with Crippen molar-refractivity contribution in [2.24, 2.45) is 13.0 Å². The molecule has 30 heavy (non-hydrogen) atoms. The molecule has 1 atom stereocenters. The van der Waals surface area contributed by atoms with E-state index in [-0.39, 0.29) is 11.9 Å². The van der Waals surface area contributed by atoms with E-state index < -0.39 is 0 Å². The Hall–Kier alpha value is -3.19. The van der Waals surface area contributed by atoms with Gasteiger partial charge in [-0.25, -0.2) is 0 Å². The lowest BCUT2D eigenvalue weighted by molar-refractivity contribution is 0.0512. The summed E-state index contributed by atoms with van der Waals surface area (Å²) in [5, 5.41) is 7.77. The van der Waals surface area contributed by atoms with E-state index in [0.717, 1.165) is 35.4 Å². The van der Waals surface area contributed by atoms with E-state index in [1.807, 2.05) is 48.7 Å². The predicted octanol–water partition coefficient (Wildman–Crippen LogP) is 3.39. The molecule has 2 aromatic heterocycles. The minimum Gasteiger partial charge on any atom is -0.497 e. The van der Waals surface area contributed by atoms with Crippen molar-refractivity contribution >= 4 is 5.91 Å². The van der Waals surface area contributed by atoms with E-state index in [4.69, 9.17) is 9.47 Å². The maximum Gasteiger partial charge on any atom is 0.270 e. The second kappa shape index (κ2) is 9.09. The second-order valence-electron chi connectivity index (χ2n) is 7.46. The van der Waals surface area contributed by atoms with Gasteiger partial charge in [-0.1, -0.05) is 18.2 Å². The predicted molar refractivity (Wildman–Crippen MR) is 113 cm³/mol. The SMILES string of the molecule is COc1cccc(-c2cc(C(=O)N[C@H](c3cccnc3)C3CCOCC3)n(C)n2)c1. The van der Waals surface area contributed by atoms with Crippen LogP contribution in [0.1, 0.15) is 34.9 Å². The van der Waals surface area contributed by atoms with Gasteiger partial charge in [0.15, 0.2) is 0 Å². The summed E-state index contributed by atoms with van der Waals surface area (Å²) in [6.07, 6.45) is 5.37. The quantitative estimate of drug-likeness (QED) is 0.679. The summed E-state index contributed by atoms with van der Waals surface area (Å²) in [5.74, 6) is 0.901. The van der Waals surface area contributed by atoms with Gasteiger partial charge in [-0.2, -0.15) is 5.10 Å². The maximum atomic E-state index is 13.2. The highest BCUT2D eigenvalue weighted by atomic mass is 16.5. The number of carbonyl (C=O) groups is 1. The highest BCUT2D eigenvalue weighted by molar-refractivity contribution is 5.94. The summed E-state index contributed by atoms with van der Waals surface area (Å²) < 4.78 is 12.4. The lowest BCUT2D eigenvalue weighted by Crippen LogP contribution is -2.36. The fourth-order valence-electron chi connectivity index (χ4n) is 3.90. The average molecular weight is 406 g/mol. The Bertz CT molecular complexity index is 997. The normalized spacial score (nSPS) is 15.5. The van der Waals surface area contributed by atoms with Gasteiger partial charge in [0.1, 0.15) is 11.4 Å². The highest BCUT2D eigenvalue weighted by Crippen LogP contribution is 2.30. The molecule has 0 radical (unpaired) electrons. The number of pyridine rings is 1. The molecular weight excluding hydrogens is 380 g/mol. The van der Waals surface area contributed by atoms with Crippen molar-refractivity contribution in [2.75, 3.05) is 20.3 Å². The first-order valence-corrected chi connectivity index (χ1v) is 10.1. The van der Waals surface area contributed by atoms with E-state index in [2.05, 4.69) is 15.4 Å². The summed E-state index contributed by atoms with van der Waals surface area (Å²) in [6.45, 7) is 1.42. The summed E-state index contributed by atoms with van der Waals surface area (Å²) >= 11 is 0. The molecule has 1 aliphatic rings. The van der Waals surface area contributed by atoms with Crippen LogP contribution in [0.4, 0.5) is 0 Å². The molecule has 0 unspecified atom stereocenters. The molecule has 0 saturated carbocycles. The Morgan fingerprint density at radius 1 is 1.23 bits per heavy atom. The zero-order chi connectivity index (χ0) is 20.9. The van der Waals surface area contributed by atoms with Gasteiger partial charge < -0.3 is 14.8 Å². The smallest absolute Gasteiger partial charge is 0.270 e. The number of hydrogen-bond donors (Lipinski definition) is 1. The third-order valence-corrected chi connectivity index (χ3v) is 5.55. The minimum atomic E-state index is -0.153. The lowest BCUT2D eigenvalue weighted by Gasteiger charge is -2.31. The number of ether oxygens (including phenoxy) is 2. The molecule has 7 heteroatoms. The maximum absolute atomic E-state index is 13.2. The van der Waals surface area contributed by atoms with Gasteiger partial charge in [0, 0.05) is 38.2 Å². The number of amides is 1. The number of carbonyl (C=O) groups excluding carboxylic acids is 1. The third-order valence-electron chi connectivity index (χ3n) is 5.55. The molecule has 3 aromatic rings. The molecule has 156 valence electrons. The Morgan fingerprint density at radius 3 is 2.80 bits per heavy atom. The van der Waals surface area contributed by atoms with Crippen molar-refractivity contribution in [2.45, 2.75) is 18.9 Å². The highest BCUT2D eigenvalue weighted by Gasteiger charge is 2.28. The van der Waals surface area contributed by atoms with Gasteiger partial charge in [-0.05, 0) is 48.6 Å². The molecule has 1 N–H and O–H groups in total. The van der Waals surface area contributed by atoms with Crippen molar-refractivity contribution in [3.8, 4) is 17.0 Å². The van der Waals surface area contributed by atoms with Crippen LogP contribution in [0.15, 0.2) is 54.9 Å². The summed E-state index contributed by atoms with van der Waals surface area (Å²) in [4.78, 5) is 17.5. The Kier molecular flexibility index (Phi) is 6.09. The largest absolute Gasteiger partial charge is 0.497 e. The number of benzene rings is 1. The van der Waals surface area contributed by atoms with Gasteiger partial charge in [0.25, 0.3) is 5.91 Å². The molecule has 1 amide bonds. The van der Waals surface area contributed by atoms with E-state index in [9.17, 15) is 4.79 Å². The van der Waals surface area contributed by atoms with Crippen molar-refractivity contribution < 1.29 is 14.3 Å². The first kappa shape index (κ1) is 20.1. The molecule has 0 spiro atoms. The Morgan fingerprint density at radius 2 is 2.07 bits per heavy atom. The fourth-order valence-corrected chi connectivity index (χ4v) is 3.90. The summed E-state index contributed by atoms with van der Waals surface area (Å²) in [6, 6.07) is 13.3. The molecule has 3 heterocycles. The van der Waals surface area contributed by atoms with Gasteiger partial charge in [-0.3, -0.25) is 14.5 Å². The second-order valence-corrected chi connectivity index (χ2v) is 7.46. The number of nitrogens with zero attached hydrogens (tertiary/aromatic N) is 3. The van der Waals surface area contributed by atoms with Gasteiger partial charge in [-0.15, -0.1) is 0 Å². The molecule has 7 nitrogen and oxygen atoms in total. The third kappa shape index (κ3) is 4.36. The van der Waals surface area contributed by atoms with Crippen LogP contribution >= 0.6 is 0 Å². The van der Waals surface area contributed by atoms with Gasteiger partial charge >= 0.3 is 0 Å². The summed E-state index contributed by atoms with van der Waals surface area (Å²) in [5.41, 5.74) is 3.14. The van der Waals surface area contributed by atoms with Crippen molar-refractivity contribution in [1.29, 1.82) is 0 Å². The summed E-state index contributed by atoms with van der Waals surface area (Å²) in [7, 11) is 3.41. The van der Waals surface area contributed by atoms with Crippen LogP contribution in [0.25, 0.3) is 11.3 Å². The van der Waals surface area contributed by atoms with Crippen LogP contribution in [-0.4, -0.2) is 41.0 Å². The zero-order valence-corrected chi connectivity index (χ0v) is 17.2. The van der Waals surface area contributed by atoms with Crippen LogP contribution in [0.3, 0.4) is 0 Å². The molecule has 1 aliphatic heterocycles. The van der Waals surface area contributed by atoms with Crippen LogP contribution < -0.4 is 10.1 Å². The van der Waals surface area contributed by atoms with Crippen LogP contribution in [0.2, 0.25) is 0 Å². The average Bonchev–Trinajstić information content (AvgIpc) is 3.20. The first-order chi connectivity index (χ1) is 14.7. The topological polar surface area (TPSA) is 78.3 Å². The molecule has 0 aliphatic carbocycles. The number of aryl methyl sites for hydroxylation is 1. The standard InChI is InChI=1S/C23H26N4O3/c1-27-21(14-20(26-27)17-5-3-7-19(13-17)29-2)23(28)25-22(16-8-11-30-12-9-16)18-6-4-10-24-15-18/h3-7,10,13-16,22H,8-9,11-12H2,1-2H3,(H,25,28)/t22-/m0/s1. The molecule has 1 saturated heterocycles. The van der Waals surface area contributed by atoms with Crippen LogP contribution in [0.5, 0.6) is 5.75 Å². The molecule has 1 aromatic carbocycles. The van der Waals surface area contributed by atoms with Crippen molar-refractivity contribution in [1.82, 2.24) is 20.1 Å². The molecule has 1 fully saturated rings. The number of rotatable bonds is 6. The fraction of sp³-hybridized carbons (Fsp3) is 0.348. The zero-order valence-electron chi connectivity index (χ0n) is 17.2. The van der Waals surface area contributed by atoms with Crippen molar-refractivity contribution in [3.05, 3.63) is 66.1 Å². The minimum absolute atomic E-state index is 0.120. The van der Waals surface area contributed by atoms with Crippen LogP contribution in [0, 0.1) is 5.92 Å². The molecule has 0 bridgehead atoms. The molecule has 4 rings (SSSR count). The van der Waals surface area contributed by atoms with Crippen LogP contribution in [-0.2, 0) is 11.8 Å². The Balaban J connectivity index is 1.59. The Labute approximate surface area is 176 Å². The van der Waals surface area contributed by atoms with Gasteiger partial charge in [0.05, 0.1) is 18.8 Å². The van der Waals surface area contributed by atoms with E-state index >= 15 is 0 Å². The van der Waals surface area contributed by atoms with Crippen molar-refractivity contribution in [3.63, 3.8) is 0 Å². The number of hydrogen-bond acceptors (Lipinski definition) is 5. The molecular formula is C23H26N4O3. The number of nitrogens with one attached hydrogen (secondary N) is 1. The number of methoxy groups -OCH3 is 1. The van der Waals surface area contributed by atoms with E-state index in [0.29, 0.717) is 24.8 Å². The monoisotopic (exact) mass is 406 g/mol. The number of aromatic nitrogens is 3. The van der Waals surface area contributed by atoms with Gasteiger partial charge in [0.2, 0.25) is 0 Å².